The number of rotatable bonds is 0. The molecule has 138 valence electrons. The maximum Gasteiger partial charge on any atom is 0.417 e. The second-order valence-corrected chi connectivity index (χ2v) is 6.41. The molecule has 0 atom stereocenters. The molecule has 2 aromatic rings. The lowest BCUT2D eigenvalue weighted by atomic mass is 10.1. The maximum absolute atomic E-state index is 12.8. The summed E-state index contributed by atoms with van der Waals surface area (Å²) in [6, 6.07) is 4.03. The van der Waals surface area contributed by atoms with E-state index in [0.29, 0.717) is 12.1 Å². The van der Waals surface area contributed by atoms with Gasteiger partial charge in [0.2, 0.25) is 0 Å². The van der Waals surface area contributed by atoms with Crippen molar-refractivity contribution in [3.63, 3.8) is 0 Å². The van der Waals surface area contributed by atoms with Gasteiger partial charge in [-0.25, -0.2) is 8.78 Å². The monoisotopic (exact) mass is 498 g/mol. The molecule has 0 amide bonds. The lowest BCUT2D eigenvalue weighted by molar-refractivity contribution is -0.139. The van der Waals surface area contributed by atoms with E-state index in [4.69, 9.17) is 0 Å². The Balaban J connectivity index is 0.000000251. The fourth-order valence-electron chi connectivity index (χ4n) is 1.58. The van der Waals surface area contributed by atoms with E-state index in [-0.39, 0.29) is 14.5 Å². The van der Waals surface area contributed by atoms with Gasteiger partial charge in [0, 0.05) is 8.95 Å². The summed E-state index contributed by atoms with van der Waals surface area (Å²) in [5.74, 6) is -1.75. The van der Waals surface area contributed by atoms with Gasteiger partial charge < -0.3 is 0 Å². The summed E-state index contributed by atoms with van der Waals surface area (Å²) in [4.78, 5) is 0. The van der Waals surface area contributed by atoms with Gasteiger partial charge in [-0.15, -0.1) is 0 Å². The summed E-state index contributed by atoms with van der Waals surface area (Å²) < 4.78 is 97.4. The zero-order chi connectivity index (χ0) is 19.6. The van der Waals surface area contributed by atoms with Crippen molar-refractivity contribution in [2.75, 3.05) is 0 Å². The molecule has 10 heteroatoms. The van der Waals surface area contributed by atoms with E-state index in [9.17, 15) is 35.1 Å². The van der Waals surface area contributed by atoms with Crippen molar-refractivity contribution in [3.05, 3.63) is 67.6 Å². The Labute approximate surface area is 154 Å². The van der Waals surface area contributed by atoms with Crippen LogP contribution in [-0.4, -0.2) is 0 Å². The third-order valence-corrected chi connectivity index (χ3v) is 4.14. The van der Waals surface area contributed by atoms with Crippen molar-refractivity contribution in [1.29, 1.82) is 0 Å². The average Bonchev–Trinajstić information content (AvgIpc) is 2.44. The standard InChI is InChI=1S/C8H5BrF4.C7H3BrF4/c1-4-2-6(9)5(3-7(4)10)8(11,12)13;8-6-2-1-4(9)3-5(6)7(10,11)12/h2-3H,1H3;1-3H. The van der Waals surface area contributed by atoms with E-state index in [1.165, 1.54) is 6.92 Å². The zero-order valence-electron chi connectivity index (χ0n) is 12.2. The molecule has 0 spiro atoms. The molecule has 2 aromatic carbocycles. The number of hydrogen-bond acceptors (Lipinski definition) is 0. The largest absolute Gasteiger partial charge is 0.417 e. The molecule has 0 N–H and O–H groups in total. The van der Waals surface area contributed by atoms with Crippen LogP contribution in [-0.2, 0) is 12.4 Å². The van der Waals surface area contributed by atoms with E-state index in [0.717, 1.165) is 18.2 Å². The molecule has 0 aromatic heterocycles. The number of halogens is 10. The topological polar surface area (TPSA) is 0 Å². The van der Waals surface area contributed by atoms with Crippen molar-refractivity contribution in [2.45, 2.75) is 19.3 Å². The van der Waals surface area contributed by atoms with Crippen LogP contribution in [0.2, 0.25) is 0 Å². The minimum atomic E-state index is -4.52. The fraction of sp³-hybridized carbons (Fsp3) is 0.200. The van der Waals surface area contributed by atoms with E-state index in [1.54, 1.807) is 0 Å². The molecular formula is C15H8Br2F8. The van der Waals surface area contributed by atoms with Crippen LogP contribution in [0.15, 0.2) is 39.3 Å². The first kappa shape index (κ1) is 21.9. The van der Waals surface area contributed by atoms with Gasteiger partial charge in [0.25, 0.3) is 0 Å². The Morgan fingerprint density at radius 1 is 0.720 bits per heavy atom. The molecule has 0 radical (unpaired) electrons. The van der Waals surface area contributed by atoms with Crippen LogP contribution in [0.1, 0.15) is 16.7 Å². The van der Waals surface area contributed by atoms with Crippen LogP contribution in [0, 0.1) is 18.6 Å². The molecule has 0 bridgehead atoms. The summed E-state index contributed by atoms with van der Waals surface area (Å²) in [5.41, 5.74) is -1.81. The van der Waals surface area contributed by atoms with Crippen molar-refractivity contribution in [2.24, 2.45) is 0 Å². The smallest absolute Gasteiger partial charge is 0.207 e. The highest BCUT2D eigenvalue weighted by atomic mass is 79.9. The Kier molecular flexibility index (Phi) is 7.03. The van der Waals surface area contributed by atoms with Crippen LogP contribution < -0.4 is 0 Å². The first-order valence-electron chi connectivity index (χ1n) is 6.28. The molecule has 0 saturated heterocycles. The molecule has 0 aliphatic rings. The SMILES string of the molecule is Cc1cc(Br)c(C(F)(F)F)cc1F.Fc1ccc(Br)c(C(F)(F)F)c1. The molecule has 0 fully saturated rings. The van der Waals surface area contributed by atoms with Crippen LogP contribution >= 0.6 is 31.9 Å². The van der Waals surface area contributed by atoms with Gasteiger partial charge in [-0.3, -0.25) is 0 Å². The highest BCUT2D eigenvalue weighted by Crippen LogP contribution is 2.36. The van der Waals surface area contributed by atoms with Crippen molar-refractivity contribution in [1.82, 2.24) is 0 Å². The molecule has 0 aliphatic carbocycles. The fourth-order valence-corrected chi connectivity index (χ4v) is 2.73. The Morgan fingerprint density at radius 3 is 1.64 bits per heavy atom. The minimum absolute atomic E-state index is 0.140. The third kappa shape index (κ3) is 6.25. The summed E-state index contributed by atoms with van der Waals surface area (Å²) in [6.07, 6.45) is -9.03. The molecule has 0 unspecified atom stereocenters. The van der Waals surface area contributed by atoms with E-state index in [2.05, 4.69) is 31.9 Å². The lowest BCUT2D eigenvalue weighted by Gasteiger charge is -2.09. The second-order valence-electron chi connectivity index (χ2n) is 4.70. The van der Waals surface area contributed by atoms with E-state index >= 15 is 0 Å². The molecule has 2 rings (SSSR count). The summed E-state index contributed by atoms with van der Waals surface area (Å²) in [7, 11) is 0. The van der Waals surface area contributed by atoms with Gasteiger partial charge in [-0.05, 0) is 42.8 Å². The first-order chi connectivity index (χ1) is 11.2. The summed E-state index contributed by atoms with van der Waals surface area (Å²) in [6.45, 7) is 1.40. The van der Waals surface area contributed by atoms with E-state index < -0.39 is 35.1 Å². The van der Waals surface area contributed by atoms with Gasteiger partial charge in [-0.2, -0.15) is 26.3 Å². The van der Waals surface area contributed by atoms with Crippen LogP contribution in [0.3, 0.4) is 0 Å². The predicted molar refractivity (Wildman–Crippen MR) is 82.9 cm³/mol. The van der Waals surface area contributed by atoms with E-state index in [1.807, 2.05) is 0 Å². The van der Waals surface area contributed by atoms with Gasteiger partial charge in [0.05, 0.1) is 11.1 Å². The lowest BCUT2D eigenvalue weighted by Crippen LogP contribution is -2.07. The Hall–Kier alpha value is -1.16. The molecule has 0 saturated carbocycles. The molecule has 0 nitrogen and oxygen atoms in total. The van der Waals surface area contributed by atoms with Crippen LogP contribution in [0.4, 0.5) is 35.1 Å². The Bertz CT molecular complexity index is 750. The number of hydrogen-bond donors (Lipinski definition) is 0. The quantitative estimate of drug-likeness (QED) is 0.329. The molecular weight excluding hydrogens is 492 g/mol. The van der Waals surface area contributed by atoms with Gasteiger partial charge >= 0.3 is 12.4 Å². The minimum Gasteiger partial charge on any atom is -0.207 e. The van der Waals surface area contributed by atoms with Crippen LogP contribution in [0.25, 0.3) is 0 Å². The average molecular weight is 500 g/mol. The number of aryl methyl sites for hydroxylation is 1. The van der Waals surface area contributed by atoms with Gasteiger partial charge in [0.1, 0.15) is 11.6 Å². The normalized spacial score (nSPS) is 11.8. The third-order valence-electron chi connectivity index (χ3n) is 2.79. The zero-order valence-corrected chi connectivity index (χ0v) is 15.3. The first-order valence-corrected chi connectivity index (χ1v) is 7.87. The Morgan fingerprint density at radius 2 is 1.20 bits per heavy atom. The number of benzene rings is 2. The highest BCUT2D eigenvalue weighted by Gasteiger charge is 2.34. The second kappa shape index (κ2) is 8.03. The van der Waals surface area contributed by atoms with Crippen molar-refractivity contribution >= 4 is 31.9 Å². The van der Waals surface area contributed by atoms with Gasteiger partial charge in [-0.1, -0.05) is 31.9 Å². The molecule has 25 heavy (non-hydrogen) atoms. The summed E-state index contributed by atoms with van der Waals surface area (Å²) in [5, 5.41) is 0. The number of alkyl halides is 6. The van der Waals surface area contributed by atoms with Crippen LogP contribution in [0.5, 0.6) is 0 Å². The van der Waals surface area contributed by atoms with Crippen molar-refractivity contribution < 1.29 is 35.1 Å². The molecule has 0 aliphatic heterocycles. The van der Waals surface area contributed by atoms with Gasteiger partial charge in [0.15, 0.2) is 0 Å². The predicted octanol–water partition coefficient (Wildman–Crippen LogP) is 7.52. The maximum atomic E-state index is 12.8. The van der Waals surface area contributed by atoms with Crippen molar-refractivity contribution in [3.8, 4) is 0 Å². The highest BCUT2D eigenvalue weighted by molar-refractivity contribution is 9.10. The molecule has 0 heterocycles. The summed E-state index contributed by atoms with van der Waals surface area (Å²) >= 11 is 5.41.